The molecular formula is C23H27NO5. The van der Waals surface area contributed by atoms with Crippen LogP contribution in [0.2, 0.25) is 0 Å². The molecule has 6 nitrogen and oxygen atoms in total. The summed E-state index contributed by atoms with van der Waals surface area (Å²) in [4.78, 5) is 25.9. The van der Waals surface area contributed by atoms with Crippen molar-refractivity contribution in [2.45, 2.75) is 19.9 Å². The van der Waals surface area contributed by atoms with E-state index in [-0.39, 0.29) is 24.8 Å². The van der Waals surface area contributed by atoms with E-state index in [1.54, 1.807) is 24.2 Å². The van der Waals surface area contributed by atoms with Gasteiger partial charge in [0.05, 0.1) is 27.2 Å². The number of carbonyl (C=O) groups is 2. The lowest BCUT2D eigenvalue weighted by Crippen LogP contribution is -2.31. The fraction of sp³-hybridized carbons (Fsp3) is 0.304. The predicted molar refractivity (Wildman–Crippen MR) is 112 cm³/mol. The Morgan fingerprint density at radius 3 is 2.45 bits per heavy atom. The van der Waals surface area contributed by atoms with Crippen LogP contribution in [0.15, 0.2) is 54.6 Å². The molecule has 2 rings (SSSR count). The number of nitrogens with zero attached hydrogens (tertiary/aromatic N) is 1. The van der Waals surface area contributed by atoms with Crippen molar-refractivity contribution >= 4 is 18.0 Å². The number of benzene rings is 2. The quantitative estimate of drug-likeness (QED) is 0.452. The Balaban J connectivity index is 2.14. The van der Waals surface area contributed by atoms with E-state index in [1.165, 1.54) is 13.2 Å². The number of ether oxygens (including phenoxy) is 3. The average molecular weight is 397 g/mol. The highest BCUT2D eigenvalue weighted by atomic mass is 16.5. The molecule has 0 aliphatic heterocycles. The molecule has 0 heterocycles. The Hall–Kier alpha value is -3.28. The SMILES string of the molecule is CCOc1cc(/C=C/C(=O)N(CCC(=O)OC)Cc2ccccc2)ccc1OC. The molecule has 0 saturated heterocycles. The molecule has 0 aliphatic carbocycles. The van der Waals surface area contributed by atoms with Crippen molar-refractivity contribution in [1.29, 1.82) is 0 Å². The second-order valence-electron chi connectivity index (χ2n) is 6.25. The van der Waals surface area contributed by atoms with Gasteiger partial charge in [0.1, 0.15) is 0 Å². The van der Waals surface area contributed by atoms with Crippen LogP contribution in [0.5, 0.6) is 11.5 Å². The predicted octanol–water partition coefficient (Wildman–Crippen LogP) is 3.70. The molecule has 0 atom stereocenters. The van der Waals surface area contributed by atoms with E-state index in [0.717, 1.165) is 11.1 Å². The molecule has 0 spiro atoms. The maximum Gasteiger partial charge on any atom is 0.307 e. The van der Waals surface area contributed by atoms with Crippen LogP contribution in [0.3, 0.4) is 0 Å². The molecule has 2 aromatic carbocycles. The molecule has 154 valence electrons. The number of carbonyl (C=O) groups excluding carboxylic acids is 2. The van der Waals surface area contributed by atoms with Crippen molar-refractivity contribution in [3.05, 3.63) is 65.7 Å². The zero-order valence-electron chi connectivity index (χ0n) is 17.1. The molecule has 0 saturated carbocycles. The monoisotopic (exact) mass is 397 g/mol. The van der Waals surface area contributed by atoms with Crippen LogP contribution in [0.1, 0.15) is 24.5 Å². The summed E-state index contributed by atoms with van der Waals surface area (Å²) in [6.07, 6.45) is 3.36. The minimum absolute atomic E-state index is 0.139. The minimum Gasteiger partial charge on any atom is -0.493 e. The van der Waals surface area contributed by atoms with Gasteiger partial charge in [-0.25, -0.2) is 0 Å². The van der Waals surface area contributed by atoms with Crippen molar-refractivity contribution in [2.75, 3.05) is 27.4 Å². The van der Waals surface area contributed by atoms with Crippen molar-refractivity contribution in [3.8, 4) is 11.5 Å². The molecule has 0 bridgehead atoms. The van der Waals surface area contributed by atoms with Gasteiger partial charge in [0.2, 0.25) is 5.91 Å². The van der Waals surface area contributed by atoms with E-state index in [4.69, 9.17) is 14.2 Å². The minimum atomic E-state index is -0.351. The maximum atomic E-state index is 12.8. The Bertz CT molecular complexity index is 832. The smallest absolute Gasteiger partial charge is 0.307 e. The molecule has 1 amide bonds. The zero-order chi connectivity index (χ0) is 21.1. The number of esters is 1. The highest BCUT2D eigenvalue weighted by Crippen LogP contribution is 2.28. The molecule has 0 unspecified atom stereocenters. The molecule has 6 heteroatoms. The van der Waals surface area contributed by atoms with Gasteiger partial charge in [-0.15, -0.1) is 0 Å². The summed E-state index contributed by atoms with van der Waals surface area (Å²) in [7, 11) is 2.92. The van der Waals surface area contributed by atoms with E-state index in [2.05, 4.69) is 0 Å². The van der Waals surface area contributed by atoms with E-state index >= 15 is 0 Å². The fourth-order valence-corrected chi connectivity index (χ4v) is 2.74. The summed E-state index contributed by atoms with van der Waals surface area (Å²) in [6, 6.07) is 15.1. The lowest BCUT2D eigenvalue weighted by atomic mass is 10.1. The summed E-state index contributed by atoms with van der Waals surface area (Å²) in [5, 5.41) is 0. The number of amides is 1. The number of hydrogen-bond donors (Lipinski definition) is 0. The second-order valence-corrected chi connectivity index (χ2v) is 6.25. The van der Waals surface area contributed by atoms with Crippen LogP contribution in [0, 0.1) is 0 Å². The van der Waals surface area contributed by atoms with Gasteiger partial charge in [0, 0.05) is 19.2 Å². The van der Waals surface area contributed by atoms with E-state index in [1.807, 2.05) is 49.4 Å². The number of hydrogen-bond acceptors (Lipinski definition) is 5. The van der Waals surface area contributed by atoms with Crippen molar-refractivity contribution in [3.63, 3.8) is 0 Å². The molecule has 0 aromatic heterocycles. The van der Waals surface area contributed by atoms with E-state index in [9.17, 15) is 9.59 Å². The van der Waals surface area contributed by atoms with E-state index < -0.39 is 0 Å². The lowest BCUT2D eigenvalue weighted by Gasteiger charge is -2.21. The van der Waals surface area contributed by atoms with Crippen molar-refractivity contribution < 1.29 is 23.8 Å². The van der Waals surface area contributed by atoms with Gasteiger partial charge in [0.25, 0.3) is 0 Å². The first-order valence-corrected chi connectivity index (χ1v) is 9.46. The molecule has 0 aliphatic rings. The topological polar surface area (TPSA) is 65.1 Å². The van der Waals surface area contributed by atoms with Crippen molar-refractivity contribution in [2.24, 2.45) is 0 Å². The normalized spacial score (nSPS) is 10.6. The van der Waals surface area contributed by atoms with Crippen LogP contribution in [-0.2, 0) is 20.9 Å². The summed E-state index contributed by atoms with van der Waals surface area (Å²) in [5.41, 5.74) is 1.80. The average Bonchev–Trinajstić information content (AvgIpc) is 2.75. The second kappa shape index (κ2) is 11.5. The first kappa shape index (κ1) is 22.0. The van der Waals surface area contributed by atoms with E-state index in [0.29, 0.717) is 24.7 Å². The Labute approximate surface area is 171 Å². The third-order valence-electron chi connectivity index (χ3n) is 4.25. The number of rotatable bonds is 10. The summed E-state index contributed by atoms with van der Waals surface area (Å²) < 4.78 is 15.6. The molecule has 0 N–H and O–H groups in total. The third-order valence-corrected chi connectivity index (χ3v) is 4.25. The highest BCUT2D eigenvalue weighted by Gasteiger charge is 2.14. The summed E-state index contributed by atoms with van der Waals surface area (Å²) in [6.45, 7) is 3.10. The third kappa shape index (κ3) is 6.99. The van der Waals surface area contributed by atoms with Crippen LogP contribution in [0.4, 0.5) is 0 Å². The zero-order valence-corrected chi connectivity index (χ0v) is 17.1. The van der Waals surface area contributed by atoms with Crippen LogP contribution < -0.4 is 9.47 Å². The molecule has 2 aromatic rings. The lowest BCUT2D eigenvalue weighted by molar-refractivity contribution is -0.141. The van der Waals surface area contributed by atoms with Gasteiger partial charge in [0.15, 0.2) is 11.5 Å². The van der Waals surface area contributed by atoms with Crippen molar-refractivity contribution in [1.82, 2.24) is 4.90 Å². The largest absolute Gasteiger partial charge is 0.493 e. The maximum absolute atomic E-state index is 12.8. The molecule has 29 heavy (non-hydrogen) atoms. The van der Waals surface area contributed by atoms with Crippen LogP contribution >= 0.6 is 0 Å². The Kier molecular flexibility index (Phi) is 8.76. The number of methoxy groups -OCH3 is 2. The van der Waals surface area contributed by atoms with Gasteiger partial charge in [-0.3, -0.25) is 9.59 Å². The van der Waals surface area contributed by atoms with Gasteiger partial charge in [-0.05, 0) is 36.3 Å². The fourth-order valence-electron chi connectivity index (χ4n) is 2.74. The standard InChI is InChI=1S/C23H27NO5/c1-4-29-21-16-18(10-12-20(21)27-2)11-13-22(25)24(15-14-23(26)28-3)17-19-8-6-5-7-9-19/h5-13,16H,4,14-15,17H2,1-3H3/b13-11+. The van der Waals surface area contributed by atoms with Crippen LogP contribution in [0.25, 0.3) is 6.08 Å². The molecule has 0 fully saturated rings. The first-order valence-electron chi connectivity index (χ1n) is 9.46. The van der Waals surface area contributed by atoms with Gasteiger partial charge < -0.3 is 19.1 Å². The van der Waals surface area contributed by atoms with Gasteiger partial charge in [-0.2, -0.15) is 0 Å². The Morgan fingerprint density at radius 2 is 1.79 bits per heavy atom. The first-order chi connectivity index (χ1) is 14.1. The summed E-state index contributed by atoms with van der Waals surface area (Å²) in [5.74, 6) is 0.721. The van der Waals surface area contributed by atoms with Gasteiger partial charge in [-0.1, -0.05) is 36.4 Å². The highest BCUT2D eigenvalue weighted by molar-refractivity contribution is 5.92. The molecule has 0 radical (unpaired) electrons. The summed E-state index contributed by atoms with van der Waals surface area (Å²) >= 11 is 0. The van der Waals surface area contributed by atoms with Gasteiger partial charge >= 0.3 is 5.97 Å². The Morgan fingerprint density at radius 1 is 1.03 bits per heavy atom. The van der Waals surface area contributed by atoms with Crippen LogP contribution in [-0.4, -0.2) is 44.1 Å². The molecular weight excluding hydrogens is 370 g/mol.